The molecule has 4 heterocycles. The summed E-state index contributed by atoms with van der Waals surface area (Å²) < 4.78 is 54.3. The van der Waals surface area contributed by atoms with Crippen molar-refractivity contribution in [3.05, 3.63) is 15.1 Å². The fraction of sp³-hybridized carbons (Fsp3) is 0.615. The Morgan fingerprint density at radius 3 is 2.71 bits per heavy atom. The number of nitrogens with two attached hydrogens (primary N) is 1. The van der Waals surface area contributed by atoms with Crippen LogP contribution in [0.3, 0.4) is 0 Å². The van der Waals surface area contributed by atoms with Gasteiger partial charge in [-0.3, -0.25) is 18.9 Å². The number of ether oxygens (including phenoxy) is 3. The molecule has 2 fully saturated rings. The zero-order valence-electron chi connectivity index (χ0n) is 14.6. The van der Waals surface area contributed by atoms with Gasteiger partial charge >= 0.3 is 10.4 Å². The number of fused-ring (bicyclic) bond motifs is 2. The third-order valence-corrected chi connectivity index (χ3v) is 5.09. The number of nitrogens with one attached hydrogen (secondary N) is 2. The number of aromatic amines is 2. The second kappa shape index (κ2) is 6.31. The van der Waals surface area contributed by atoms with Crippen LogP contribution >= 0.6 is 12.2 Å². The summed E-state index contributed by atoms with van der Waals surface area (Å²) in [4.78, 5) is 21.3. The maximum atomic E-state index is 12.1. The lowest BCUT2D eigenvalue weighted by Crippen LogP contribution is -2.33. The molecule has 4 rings (SSSR count). The number of hydrogen-bond donors (Lipinski definition) is 4. The summed E-state index contributed by atoms with van der Waals surface area (Å²) in [6.45, 7) is 2.85. The van der Waals surface area contributed by atoms with Gasteiger partial charge in [-0.2, -0.15) is 13.4 Å². The Morgan fingerprint density at radius 2 is 2.04 bits per heavy atom. The predicted molar refractivity (Wildman–Crippen MR) is 95.2 cm³/mol. The molecule has 0 aromatic carbocycles. The molecule has 0 unspecified atom stereocenters. The standard InChI is InChI=1S/C13H17N5O8S2/c1-13(2)25-6-4(3-23-28(20,21)22)24-10(7(6)26-13)18-8-5(15-12(18)27)9(19)17-11(14)16-8/h4,6-7,10H,3H2,1-2H3,(H,15,27)(H,20,21,22)(H3,14,16,17,19)/t4-,6-,7-,10-/m1/s1. The van der Waals surface area contributed by atoms with Gasteiger partial charge in [-0.15, -0.1) is 0 Å². The van der Waals surface area contributed by atoms with E-state index in [9.17, 15) is 13.2 Å². The first-order chi connectivity index (χ1) is 13.0. The highest BCUT2D eigenvalue weighted by Crippen LogP contribution is 2.43. The van der Waals surface area contributed by atoms with Gasteiger partial charge in [-0.25, -0.2) is 4.18 Å². The van der Waals surface area contributed by atoms with Gasteiger partial charge in [0.2, 0.25) is 5.95 Å². The van der Waals surface area contributed by atoms with Crippen molar-refractivity contribution in [3.8, 4) is 0 Å². The van der Waals surface area contributed by atoms with E-state index in [1.807, 2.05) is 0 Å². The molecule has 0 saturated carbocycles. The molecule has 2 aliphatic heterocycles. The van der Waals surface area contributed by atoms with Crippen LogP contribution < -0.4 is 11.3 Å². The summed E-state index contributed by atoms with van der Waals surface area (Å²) in [6.07, 6.45) is -3.28. The zero-order valence-corrected chi connectivity index (χ0v) is 16.2. The molecule has 154 valence electrons. The molecule has 4 atom stereocenters. The summed E-state index contributed by atoms with van der Waals surface area (Å²) in [5.41, 5.74) is 5.35. The van der Waals surface area contributed by atoms with Crippen molar-refractivity contribution in [2.75, 3.05) is 12.3 Å². The molecule has 0 aliphatic carbocycles. The van der Waals surface area contributed by atoms with E-state index in [-0.39, 0.29) is 21.9 Å². The highest BCUT2D eigenvalue weighted by atomic mass is 32.3. The Kier molecular flexibility index (Phi) is 4.38. The normalized spacial score (nSPS) is 29.4. The van der Waals surface area contributed by atoms with Gasteiger partial charge in [0.25, 0.3) is 5.56 Å². The van der Waals surface area contributed by atoms with Crippen LogP contribution in [-0.4, -0.2) is 63.2 Å². The van der Waals surface area contributed by atoms with E-state index in [1.54, 1.807) is 13.8 Å². The molecule has 2 aromatic heterocycles. The van der Waals surface area contributed by atoms with Gasteiger partial charge in [-0.05, 0) is 26.1 Å². The molecule has 5 N–H and O–H groups in total. The quantitative estimate of drug-likeness (QED) is 0.362. The van der Waals surface area contributed by atoms with Crippen LogP contribution in [0.4, 0.5) is 5.95 Å². The van der Waals surface area contributed by atoms with E-state index in [0.717, 1.165) is 0 Å². The molecule has 2 saturated heterocycles. The van der Waals surface area contributed by atoms with E-state index >= 15 is 0 Å². The second-order valence-electron chi connectivity index (χ2n) is 6.79. The minimum atomic E-state index is -4.68. The van der Waals surface area contributed by atoms with Crippen molar-refractivity contribution in [1.82, 2.24) is 19.5 Å². The van der Waals surface area contributed by atoms with E-state index in [2.05, 4.69) is 19.1 Å². The van der Waals surface area contributed by atoms with Crippen molar-refractivity contribution in [3.63, 3.8) is 0 Å². The van der Waals surface area contributed by atoms with Crippen LogP contribution in [0.25, 0.3) is 11.2 Å². The minimum absolute atomic E-state index is 0.0927. The molecule has 0 bridgehead atoms. The first-order valence-corrected chi connectivity index (χ1v) is 9.85. The summed E-state index contributed by atoms with van der Waals surface area (Å²) in [5.74, 6) is -1.11. The molecule has 0 spiro atoms. The maximum absolute atomic E-state index is 12.1. The van der Waals surface area contributed by atoms with Crippen molar-refractivity contribution >= 4 is 39.7 Å². The Morgan fingerprint density at radius 1 is 1.36 bits per heavy atom. The number of aromatic nitrogens is 4. The van der Waals surface area contributed by atoms with Gasteiger partial charge < -0.3 is 24.9 Å². The molecule has 2 aliphatic rings. The summed E-state index contributed by atoms with van der Waals surface area (Å²) in [5, 5.41) is 0. The highest BCUT2D eigenvalue weighted by Gasteiger charge is 2.56. The fourth-order valence-corrected chi connectivity index (χ4v) is 4.02. The third kappa shape index (κ3) is 3.34. The number of H-pyrrole nitrogens is 2. The molecule has 0 radical (unpaired) electrons. The van der Waals surface area contributed by atoms with Crippen LogP contribution in [0.1, 0.15) is 20.1 Å². The average Bonchev–Trinajstić information content (AvgIpc) is 3.13. The van der Waals surface area contributed by atoms with Gasteiger partial charge in [0.1, 0.15) is 18.3 Å². The molecule has 2 aromatic rings. The highest BCUT2D eigenvalue weighted by molar-refractivity contribution is 7.80. The molecule has 15 heteroatoms. The largest absolute Gasteiger partial charge is 0.397 e. The Hall–Kier alpha value is -1.88. The minimum Gasteiger partial charge on any atom is -0.369 e. The summed E-state index contributed by atoms with van der Waals surface area (Å²) >= 11 is 5.30. The van der Waals surface area contributed by atoms with Gasteiger partial charge in [0.15, 0.2) is 27.9 Å². The van der Waals surface area contributed by atoms with Crippen molar-refractivity contribution in [1.29, 1.82) is 0 Å². The topological polar surface area (TPSA) is 184 Å². The fourth-order valence-electron chi connectivity index (χ4n) is 3.42. The molecule has 13 nitrogen and oxygen atoms in total. The third-order valence-electron chi connectivity index (χ3n) is 4.36. The predicted octanol–water partition coefficient (Wildman–Crippen LogP) is -0.399. The van der Waals surface area contributed by atoms with Gasteiger partial charge in [0, 0.05) is 0 Å². The van der Waals surface area contributed by atoms with Crippen LogP contribution in [0.2, 0.25) is 0 Å². The monoisotopic (exact) mass is 435 g/mol. The van der Waals surface area contributed by atoms with Gasteiger partial charge in [-0.1, -0.05) is 0 Å². The molecule has 28 heavy (non-hydrogen) atoms. The zero-order chi connectivity index (χ0) is 20.4. The summed E-state index contributed by atoms with van der Waals surface area (Å²) in [7, 11) is -4.68. The smallest absolute Gasteiger partial charge is 0.369 e. The van der Waals surface area contributed by atoms with E-state index in [0.29, 0.717) is 0 Å². The average molecular weight is 435 g/mol. The molecular weight excluding hydrogens is 418 g/mol. The first kappa shape index (κ1) is 19.4. The van der Waals surface area contributed by atoms with Crippen molar-refractivity contribution in [2.45, 2.75) is 44.2 Å². The second-order valence-corrected chi connectivity index (χ2v) is 8.27. The summed E-state index contributed by atoms with van der Waals surface area (Å²) in [6, 6.07) is 0. The molecular formula is C13H17N5O8S2. The molecule has 0 amide bonds. The number of hydrogen-bond acceptors (Lipinski definition) is 10. The van der Waals surface area contributed by atoms with Gasteiger partial charge in [0.05, 0.1) is 6.61 Å². The first-order valence-electron chi connectivity index (χ1n) is 8.08. The van der Waals surface area contributed by atoms with E-state index < -0.39 is 52.9 Å². The lowest BCUT2D eigenvalue weighted by Gasteiger charge is -2.24. The SMILES string of the molecule is CC1(C)O[C@@H]2[C@H](O1)[C@@H](COS(=O)(=O)O)O[C@H]2n1c(=S)[nH]c2c(=O)[nH]c(N)nc21. The van der Waals surface area contributed by atoms with Crippen LogP contribution in [0, 0.1) is 4.77 Å². The Labute approximate surface area is 162 Å². The van der Waals surface area contributed by atoms with E-state index in [1.165, 1.54) is 4.57 Å². The lowest BCUT2D eigenvalue weighted by atomic mass is 10.1. The van der Waals surface area contributed by atoms with Crippen molar-refractivity contribution < 1.29 is 31.4 Å². The Balaban J connectivity index is 1.77. The van der Waals surface area contributed by atoms with Crippen LogP contribution in [0.15, 0.2) is 4.79 Å². The lowest BCUT2D eigenvalue weighted by molar-refractivity contribution is -0.199. The Bertz CT molecular complexity index is 1150. The number of anilines is 1. The van der Waals surface area contributed by atoms with Crippen LogP contribution in [0.5, 0.6) is 0 Å². The maximum Gasteiger partial charge on any atom is 0.397 e. The van der Waals surface area contributed by atoms with Crippen LogP contribution in [-0.2, 0) is 28.8 Å². The van der Waals surface area contributed by atoms with Crippen molar-refractivity contribution in [2.24, 2.45) is 0 Å². The van der Waals surface area contributed by atoms with E-state index in [4.69, 9.17) is 36.7 Å². The number of nitrogen functional groups attached to an aromatic ring is 1. The number of rotatable bonds is 4. The number of imidazole rings is 1. The number of nitrogens with zero attached hydrogens (tertiary/aromatic N) is 2.